The first kappa shape index (κ1) is 18.9. The van der Waals surface area contributed by atoms with Crippen LogP contribution < -0.4 is 10.6 Å². The van der Waals surface area contributed by atoms with E-state index < -0.39 is 0 Å². The van der Waals surface area contributed by atoms with Gasteiger partial charge in [0.15, 0.2) is 0 Å². The Kier molecular flexibility index (Phi) is 6.77. The summed E-state index contributed by atoms with van der Waals surface area (Å²) in [4.78, 5) is 14.5. The maximum absolute atomic E-state index is 12.1. The highest BCUT2D eigenvalue weighted by Gasteiger charge is 2.28. The van der Waals surface area contributed by atoms with Gasteiger partial charge in [0.05, 0.1) is 25.8 Å². The van der Waals surface area contributed by atoms with Crippen molar-refractivity contribution in [2.75, 3.05) is 39.4 Å². The van der Waals surface area contributed by atoms with Crippen LogP contribution >= 0.6 is 0 Å². The van der Waals surface area contributed by atoms with Crippen molar-refractivity contribution < 1.29 is 9.53 Å². The zero-order valence-corrected chi connectivity index (χ0v) is 15.3. The summed E-state index contributed by atoms with van der Waals surface area (Å²) in [5, 5.41) is 10.6. The molecule has 2 rings (SSSR count). The van der Waals surface area contributed by atoms with E-state index in [9.17, 15) is 4.79 Å². The van der Waals surface area contributed by atoms with Crippen LogP contribution in [0, 0.1) is 0 Å². The highest BCUT2D eigenvalue weighted by Crippen LogP contribution is 2.15. The average molecular weight is 337 g/mol. The van der Waals surface area contributed by atoms with Crippen LogP contribution in [0.15, 0.2) is 18.5 Å². The van der Waals surface area contributed by atoms with E-state index in [1.165, 1.54) is 0 Å². The van der Waals surface area contributed by atoms with Gasteiger partial charge in [-0.05, 0) is 33.8 Å². The number of rotatable bonds is 8. The molecule has 0 bridgehead atoms. The third-order valence-electron chi connectivity index (χ3n) is 4.84. The molecule has 1 saturated heterocycles. The maximum atomic E-state index is 12.1. The van der Waals surface area contributed by atoms with Crippen molar-refractivity contribution in [3.8, 4) is 0 Å². The van der Waals surface area contributed by atoms with Crippen LogP contribution in [-0.2, 0) is 9.53 Å². The van der Waals surface area contributed by atoms with Crippen LogP contribution in [0.4, 0.5) is 0 Å². The molecule has 0 radical (unpaired) electrons. The second-order valence-corrected chi connectivity index (χ2v) is 7.08. The van der Waals surface area contributed by atoms with Crippen molar-refractivity contribution in [2.24, 2.45) is 0 Å². The predicted molar refractivity (Wildman–Crippen MR) is 93.9 cm³/mol. The number of hydrogen-bond acceptors (Lipinski definition) is 5. The molecule has 1 fully saturated rings. The Morgan fingerprint density at radius 1 is 1.33 bits per heavy atom. The van der Waals surface area contributed by atoms with Crippen molar-refractivity contribution in [3.05, 3.63) is 18.5 Å². The first-order valence-electron chi connectivity index (χ1n) is 8.72. The summed E-state index contributed by atoms with van der Waals surface area (Å²) in [6, 6.07) is 2.25. The van der Waals surface area contributed by atoms with Crippen molar-refractivity contribution in [2.45, 2.75) is 45.3 Å². The highest BCUT2D eigenvalue weighted by molar-refractivity contribution is 5.78. The van der Waals surface area contributed by atoms with Gasteiger partial charge in [-0.15, -0.1) is 0 Å². The Bertz CT molecular complexity index is 497. The van der Waals surface area contributed by atoms with Crippen LogP contribution in [0.3, 0.4) is 0 Å². The van der Waals surface area contributed by atoms with Crippen LogP contribution in [-0.4, -0.2) is 71.6 Å². The molecule has 1 aromatic heterocycles. The molecule has 7 nitrogen and oxygen atoms in total. The number of carbonyl (C=O) groups excluding carboxylic acids is 1. The standard InChI is InChI=1S/C17H31N5O2/c1-14(15(2)22-7-5-6-20-22)18-12-16(23)19-13-17(3,4)21-8-10-24-11-9-21/h5-7,14-15,18H,8-13H2,1-4H3,(H,19,23)/t14-,15+/m1/s1. The van der Waals surface area contributed by atoms with Gasteiger partial charge >= 0.3 is 0 Å². The topological polar surface area (TPSA) is 71.4 Å². The third kappa shape index (κ3) is 5.29. The summed E-state index contributed by atoms with van der Waals surface area (Å²) >= 11 is 0. The molecule has 1 aliphatic rings. The molecular formula is C17H31N5O2. The molecule has 1 amide bonds. The van der Waals surface area contributed by atoms with Gasteiger partial charge in [0.25, 0.3) is 0 Å². The lowest BCUT2D eigenvalue weighted by Gasteiger charge is -2.40. The van der Waals surface area contributed by atoms with Gasteiger partial charge in [0.1, 0.15) is 0 Å². The minimum atomic E-state index is -0.0621. The molecule has 24 heavy (non-hydrogen) atoms. The lowest BCUT2D eigenvalue weighted by Crippen LogP contribution is -2.56. The highest BCUT2D eigenvalue weighted by atomic mass is 16.5. The maximum Gasteiger partial charge on any atom is 0.234 e. The SMILES string of the molecule is C[C@@H](NCC(=O)NCC(C)(C)N1CCOCC1)[C@H](C)n1cccn1. The largest absolute Gasteiger partial charge is 0.379 e. The zero-order chi connectivity index (χ0) is 17.6. The molecule has 7 heteroatoms. The van der Waals surface area contributed by atoms with Crippen molar-refractivity contribution in [1.29, 1.82) is 0 Å². The van der Waals surface area contributed by atoms with E-state index in [1.54, 1.807) is 6.20 Å². The molecule has 2 heterocycles. The van der Waals surface area contributed by atoms with E-state index >= 15 is 0 Å². The van der Waals surface area contributed by atoms with Crippen molar-refractivity contribution in [3.63, 3.8) is 0 Å². The number of ether oxygens (including phenoxy) is 1. The average Bonchev–Trinajstić information content (AvgIpc) is 3.12. The molecule has 0 aromatic carbocycles. The second-order valence-electron chi connectivity index (χ2n) is 7.08. The van der Waals surface area contributed by atoms with Gasteiger partial charge in [-0.1, -0.05) is 0 Å². The van der Waals surface area contributed by atoms with Gasteiger partial charge in [-0.25, -0.2) is 0 Å². The Hall–Kier alpha value is -1.44. The summed E-state index contributed by atoms with van der Waals surface area (Å²) in [6.07, 6.45) is 3.71. The molecule has 0 saturated carbocycles. The van der Waals surface area contributed by atoms with E-state index in [1.807, 2.05) is 16.9 Å². The third-order valence-corrected chi connectivity index (χ3v) is 4.84. The lowest BCUT2D eigenvalue weighted by atomic mass is 10.0. The first-order valence-corrected chi connectivity index (χ1v) is 8.72. The summed E-state index contributed by atoms with van der Waals surface area (Å²) < 4.78 is 7.29. The first-order chi connectivity index (χ1) is 11.4. The number of morpholine rings is 1. The van der Waals surface area contributed by atoms with Gasteiger partial charge in [0.2, 0.25) is 5.91 Å². The van der Waals surface area contributed by atoms with Gasteiger partial charge in [-0.3, -0.25) is 14.4 Å². The number of nitrogens with one attached hydrogen (secondary N) is 2. The molecular weight excluding hydrogens is 306 g/mol. The van der Waals surface area contributed by atoms with E-state index in [-0.39, 0.29) is 23.5 Å². The van der Waals surface area contributed by atoms with E-state index in [0.717, 1.165) is 26.3 Å². The molecule has 1 aliphatic heterocycles. The number of aromatic nitrogens is 2. The summed E-state index contributed by atoms with van der Waals surface area (Å²) in [7, 11) is 0. The van der Waals surface area contributed by atoms with Crippen LogP contribution in [0.2, 0.25) is 0 Å². The zero-order valence-electron chi connectivity index (χ0n) is 15.3. The lowest BCUT2D eigenvalue weighted by molar-refractivity contribution is -0.121. The van der Waals surface area contributed by atoms with Gasteiger partial charge < -0.3 is 15.4 Å². The molecule has 0 aliphatic carbocycles. The molecule has 0 spiro atoms. The molecule has 1 aromatic rings. The van der Waals surface area contributed by atoms with Crippen molar-refractivity contribution in [1.82, 2.24) is 25.3 Å². The fourth-order valence-electron chi connectivity index (χ4n) is 2.83. The monoisotopic (exact) mass is 337 g/mol. The molecule has 136 valence electrons. The van der Waals surface area contributed by atoms with Gasteiger partial charge in [-0.2, -0.15) is 5.10 Å². The number of nitrogens with zero attached hydrogens (tertiary/aromatic N) is 3. The van der Waals surface area contributed by atoms with E-state index in [2.05, 4.69) is 48.3 Å². The fraction of sp³-hybridized carbons (Fsp3) is 0.765. The van der Waals surface area contributed by atoms with Crippen molar-refractivity contribution >= 4 is 5.91 Å². The Morgan fingerprint density at radius 2 is 2.04 bits per heavy atom. The van der Waals surface area contributed by atoms with Crippen LogP contribution in [0.5, 0.6) is 0 Å². The Balaban J connectivity index is 1.70. The number of amides is 1. The summed E-state index contributed by atoms with van der Waals surface area (Å²) in [6.45, 7) is 12.8. The Morgan fingerprint density at radius 3 is 2.67 bits per heavy atom. The molecule has 0 unspecified atom stereocenters. The van der Waals surface area contributed by atoms with Gasteiger partial charge in [0, 0.05) is 43.6 Å². The normalized spacial score (nSPS) is 19.0. The quantitative estimate of drug-likeness (QED) is 0.729. The molecule has 2 N–H and O–H groups in total. The summed E-state index contributed by atoms with van der Waals surface area (Å²) in [5.41, 5.74) is -0.0621. The fourth-order valence-corrected chi connectivity index (χ4v) is 2.83. The summed E-state index contributed by atoms with van der Waals surface area (Å²) in [5.74, 6) is 0.0239. The number of hydrogen-bond donors (Lipinski definition) is 2. The second kappa shape index (κ2) is 8.60. The van der Waals surface area contributed by atoms with Crippen LogP contribution in [0.25, 0.3) is 0 Å². The smallest absolute Gasteiger partial charge is 0.234 e. The number of carbonyl (C=O) groups is 1. The van der Waals surface area contributed by atoms with Crippen LogP contribution in [0.1, 0.15) is 33.7 Å². The molecule has 2 atom stereocenters. The van der Waals surface area contributed by atoms with E-state index in [4.69, 9.17) is 4.74 Å². The predicted octanol–water partition coefficient (Wildman–Crippen LogP) is 0.649. The Labute approximate surface area is 144 Å². The minimum Gasteiger partial charge on any atom is -0.379 e. The van der Waals surface area contributed by atoms with E-state index in [0.29, 0.717) is 13.1 Å². The minimum absolute atomic E-state index is 0.0239.